The maximum Gasteiger partial charge on any atom is 0.190 e. The molecular weight excluding hydrogens is 220 g/mol. The summed E-state index contributed by atoms with van der Waals surface area (Å²) in [5.74, 6) is 1.31. The number of rotatable bonds is 1. The third kappa shape index (κ3) is 1.48. The van der Waals surface area contributed by atoms with Crippen LogP contribution in [0.5, 0.6) is 0 Å². The van der Waals surface area contributed by atoms with Gasteiger partial charge in [0.15, 0.2) is 10.8 Å². The highest BCUT2D eigenvalue weighted by atomic mass is 32.1. The predicted molar refractivity (Wildman–Crippen MR) is 64.3 cm³/mol. The van der Waals surface area contributed by atoms with Crippen molar-refractivity contribution in [2.24, 2.45) is 0 Å². The first-order valence-corrected chi connectivity index (χ1v) is 6.20. The highest BCUT2D eigenvalue weighted by molar-refractivity contribution is 7.13. The quantitative estimate of drug-likeness (QED) is 0.816. The Kier molecular flexibility index (Phi) is 2.14. The van der Waals surface area contributed by atoms with E-state index < -0.39 is 0 Å². The van der Waals surface area contributed by atoms with E-state index in [0.29, 0.717) is 11.6 Å². The number of nitrogens with zero attached hydrogens (tertiary/aromatic N) is 3. The molecule has 1 aliphatic carbocycles. The topological polar surface area (TPSA) is 64.7 Å². The van der Waals surface area contributed by atoms with E-state index in [9.17, 15) is 0 Å². The third-order valence-electron chi connectivity index (χ3n) is 2.78. The number of aryl methyl sites for hydroxylation is 2. The first-order valence-electron chi connectivity index (χ1n) is 5.32. The predicted octanol–water partition coefficient (Wildman–Crippen LogP) is 1.98. The van der Waals surface area contributed by atoms with Crippen molar-refractivity contribution < 1.29 is 0 Å². The van der Waals surface area contributed by atoms with Gasteiger partial charge in [-0.05, 0) is 26.2 Å². The number of nitrogens with two attached hydrogens (primary N) is 1. The number of thiazole rings is 1. The first kappa shape index (κ1) is 9.72. The van der Waals surface area contributed by atoms with Crippen LogP contribution < -0.4 is 5.73 Å². The Morgan fingerprint density at radius 2 is 2.12 bits per heavy atom. The second-order valence-corrected chi connectivity index (χ2v) is 4.86. The van der Waals surface area contributed by atoms with Gasteiger partial charge < -0.3 is 5.73 Å². The molecule has 2 aromatic heterocycles. The van der Waals surface area contributed by atoms with Gasteiger partial charge in [-0.2, -0.15) is 0 Å². The second-order valence-electron chi connectivity index (χ2n) is 4.01. The fraction of sp³-hybridized carbons (Fsp3) is 0.364. The lowest BCUT2D eigenvalue weighted by Crippen LogP contribution is -2.02. The molecule has 0 amide bonds. The van der Waals surface area contributed by atoms with E-state index in [-0.39, 0.29) is 0 Å². The number of anilines is 1. The van der Waals surface area contributed by atoms with Crippen molar-refractivity contribution in [1.82, 2.24) is 15.0 Å². The highest BCUT2D eigenvalue weighted by Gasteiger charge is 2.19. The molecule has 0 saturated heterocycles. The van der Waals surface area contributed by atoms with Crippen LogP contribution in [0.1, 0.15) is 23.4 Å². The van der Waals surface area contributed by atoms with E-state index in [2.05, 4.69) is 15.0 Å². The SMILES string of the molecule is Cc1csc(-c2nc(N)c3c(n2)CCC3)n1. The van der Waals surface area contributed by atoms with Crippen LogP contribution >= 0.6 is 11.3 Å². The maximum atomic E-state index is 5.94. The van der Waals surface area contributed by atoms with Crippen LogP contribution in [-0.2, 0) is 12.8 Å². The zero-order valence-electron chi connectivity index (χ0n) is 9.03. The summed E-state index contributed by atoms with van der Waals surface area (Å²) in [6.07, 6.45) is 3.16. The van der Waals surface area contributed by atoms with Gasteiger partial charge in [-0.15, -0.1) is 11.3 Å². The van der Waals surface area contributed by atoms with Gasteiger partial charge in [0, 0.05) is 22.3 Å². The van der Waals surface area contributed by atoms with Gasteiger partial charge in [0.2, 0.25) is 0 Å². The van der Waals surface area contributed by atoms with Gasteiger partial charge in [-0.25, -0.2) is 15.0 Å². The standard InChI is InChI=1S/C11H12N4S/c1-6-5-16-11(13-6)10-14-8-4-2-3-7(8)9(12)15-10/h5H,2-4H2,1H3,(H2,12,14,15). The van der Waals surface area contributed by atoms with Crippen molar-refractivity contribution in [2.75, 3.05) is 5.73 Å². The zero-order chi connectivity index (χ0) is 11.1. The van der Waals surface area contributed by atoms with Gasteiger partial charge in [-0.3, -0.25) is 0 Å². The highest BCUT2D eigenvalue weighted by Crippen LogP contribution is 2.28. The summed E-state index contributed by atoms with van der Waals surface area (Å²) < 4.78 is 0. The molecule has 0 unspecified atom stereocenters. The molecule has 2 N–H and O–H groups in total. The Morgan fingerprint density at radius 1 is 1.25 bits per heavy atom. The van der Waals surface area contributed by atoms with Crippen LogP contribution in [-0.4, -0.2) is 15.0 Å². The number of hydrogen-bond donors (Lipinski definition) is 1. The zero-order valence-corrected chi connectivity index (χ0v) is 9.84. The van der Waals surface area contributed by atoms with E-state index in [0.717, 1.165) is 41.2 Å². The summed E-state index contributed by atoms with van der Waals surface area (Å²) in [6, 6.07) is 0. The molecule has 0 saturated carbocycles. The second kappa shape index (κ2) is 3.52. The minimum atomic E-state index is 0.630. The molecule has 0 spiro atoms. The van der Waals surface area contributed by atoms with E-state index in [1.165, 1.54) is 0 Å². The molecule has 0 radical (unpaired) electrons. The van der Waals surface area contributed by atoms with Crippen LogP contribution in [0.25, 0.3) is 10.8 Å². The molecule has 2 aromatic rings. The first-order chi connectivity index (χ1) is 7.74. The van der Waals surface area contributed by atoms with Crippen molar-refractivity contribution in [3.05, 3.63) is 22.3 Å². The maximum absolute atomic E-state index is 5.94. The molecule has 4 nitrogen and oxygen atoms in total. The number of aromatic nitrogens is 3. The summed E-state index contributed by atoms with van der Waals surface area (Å²) in [4.78, 5) is 13.3. The Balaban J connectivity index is 2.12. The Hall–Kier alpha value is -1.49. The third-order valence-corrected chi connectivity index (χ3v) is 3.73. The lowest BCUT2D eigenvalue weighted by atomic mass is 10.2. The van der Waals surface area contributed by atoms with Crippen LogP contribution in [0.2, 0.25) is 0 Å². The molecular formula is C11H12N4S. The van der Waals surface area contributed by atoms with Crippen LogP contribution in [0.3, 0.4) is 0 Å². The van der Waals surface area contributed by atoms with Gasteiger partial charge in [0.25, 0.3) is 0 Å². The van der Waals surface area contributed by atoms with Gasteiger partial charge in [-0.1, -0.05) is 0 Å². The Labute approximate surface area is 97.6 Å². The minimum Gasteiger partial charge on any atom is -0.383 e. The molecule has 0 bridgehead atoms. The number of nitrogen functional groups attached to an aromatic ring is 1. The van der Waals surface area contributed by atoms with Gasteiger partial charge in [0.05, 0.1) is 0 Å². The molecule has 82 valence electrons. The summed E-state index contributed by atoms with van der Waals surface area (Å²) in [7, 11) is 0. The van der Waals surface area contributed by atoms with Crippen LogP contribution in [0, 0.1) is 6.92 Å². The van der Waals surface area contributed by atoms with Crippen molar-refractivity contribution in [2.45, 2.75) is 26.2 Å². The fourth-order valence-electron chi connectivity index (χ4n) is 2.01. The number of fused-ring (bicyclic) bond motifs is 1. The summed E-state index contributed by atoms with van der Waals surface area (Å²) in [6.45, 7) is 1.97. The molecule has 0 atom stereocenters. The van der Waals surface area contributed by atoms with E-state index in [4.69, 9.17) is 5.73 Å². The molecule has 2 heterocycles. The molecule has 0 aromatic carbocycles. The van der Waals surface area contributed by atoms with E-state index >= 15 is 0 Å². The Morgan fingerprint density at radius 3 is 2.88 bits per heavy atom. The van der Waals surface area contributed by atoms with Crippen LogP contribution in [0.4, 0.5) is 5.82 Å². The molecule has 0 fully saturated rings. The van der Waals surface area contributed by atoms with Crippen molar-refractivity contribution >= 4 is 17.2 Å². The average Bonchev–Trinajstić information content (AvgIpc) is 2.85. The average molecular weight is 232 g/mol. The van der Waals surface area contributed by atoms with Crippen molar-refractivity contribution in [3.63, 3.8) is 0 Å². The lowest BCUT2D eigenvalue weighted by molar-refractivity contribution is 0.900. The van der Waals surface area contributed by atoms with Crippen molar-refractivity contribution in [1.29, 1.82) is 0 Å². The Bertz CT molecular complexity index is 547. The monoisotopic (exact) mass is 232 g/mol. The fourth-order valence-corrected chi connectivity index (χ4v) is 2.74. The van der Waals surface area contributed by atoms with Gasteiger partial charge in [0.1, 0.15) is 5.82 Å². The number of hydrogen-bond acceptors (Lipinski definition) is 5. The molecule has 3 rings (SSSR count). The van der Waals surface area contributed by atoms with E-state index in [1.54, 1.807) is 11.3 Å². The molecule has 0 aliphatic heterocycles. The van der Waals surface area contributed by atoms with Gasteiger partial charge >= 0.3 is 0 Å². The molecule has 5 heteroatoms. The lowest BCUT2D eigenvalue weighted by Gasteiger charge is -2.04. The summed E-state index contributed by atoms with van der Waals surface area (Å²) in [5, 5.41) is 2.86. The minimum absolute atomic E-state index is 0.630. The van der Waals surface area contributed by atoms with E-state index in [1.807, 2.05) is 12.3 Å². The van der Waals surface area contributed by atoms with Crippen LogP contribution in [0.15, 0.2) is 5.38 Å². The summed E-state index contributed by atoms with van der Waals surface area (Å²) in [5.41, 5.74) is 9.19. The summed E-state index contributed by atoms with van der Waals surface area (Å²) >= 11 is 1.57. The molecule has 16 heavy (non-hydrogen) atoms. The van der Waals surface area contributed by atoms with Crippen molar-refractivity contribution in [3.8, 4) is 10.8 Å². The molecule has 1 aliphatic rings. The normalized spacial score (nSPS) is 14.1. The smallest absolute Gasteiger partial charge is 0.190 e. The largest absolute Gasteiger partial charge is 0.383 e.